The fourth-order valence-electron chi connectivity index (χ4n) is 3.98. The van der Waals surface area contributed by atoms with E-state index in [-0.39, 0.29) is 0 Å². The SMILES string of the molecule is c1ccc2nc(N3CCCC(CN4CCCC4)C3)ccc2c1. The number of para-hydroxylation sites is 1. The summed E-state index contributed by atoms with van der Waals surface area (Å²) in [5, 5.41) is 1.23. The predicted octanol–water partition coefficient (Wildman–Crippen LogP) is 3.55. The minimum atomic E-state index is 0.806. The van der Waals surface area contributed by atoms with Gasteiger partial charge in [0.25, 0.3) is 0 Å². The monoisotopic (exact) mass is 295 g/mol. The topological polar surface area (TPSA) is 19.4 Å². The van der Waals surface area contributed by atoms with Gasteiger partial charge in [-0.05, 0) is 62.9 Å². The minimum absolute atomic E-state index is 0.806. The molecule has 0 amide bonds. The van der Waals surface area contributed by atoms with Crippen LogP contribution in [0.2, 0.25) is 0 Å². The zero-order chi connectivity index (χ0) is 14.8. The molecule has 0 spiro atoms. The van der Waals surface area contributed by atoms with E-state index in [0.29, 0.717) is 0 Å². The molecule has 2 aliphatic heterocycles. The lowest BCUT2D eigenvalue weighted by Gasteiger charge is -2.35. The third-order valence-corrected chi connectivity index (χ3v) is 5.14. The molecule has 4 rings (SSSR count). The van der Waals surface area contributed by atoms with Crippen LogP contribution in [0.3, 0.4) is 0 Å². The first-order chi connectivity index (χ1) is 10.9. The number of piperidine rings is 1. The lowest BCUT2D eigenvalue weighted by molar-refractivity contribution is 0.255. The van der Waals surface area contributed by atoms with Crippen molar-refractivity contribution in [3.8, 4) is 0 Å². The first-order valence-electron chi connectivity index (χ1n) is 8.71. The highest BCUT2D eigenvalue weighted by atomic mass is 15.2. The average molecular weight is 295 g/mol. The van der Waals surface area contributed by atoms with Crippen LogP contribution in [0.25, 0.3) is 10.9 Å². The lowest BCUT2D eigenvalue weighted by atomic mass is 9.97. The Labute approximate surface area is 132 Å². The molecule has 2 fully saturated rings. The molecule has 2 aliphatic rings. The molecule has 2 aromatic rings. The molecule has 0 bridgehead atoms. The summed E-state index contributed by atoms with van der Waals surface area (Å²) >= 11 is 0. The van der Waals surface area contributed by atoms with Crippen LogP contribution in [0.5, 0.6) is 0 Å². The summed E-state index contributed by atoms with van der Waals surface area (Å²) < 4.78 is 0. The Bertz CT molecular complexity index is 633. The van der Waals surface area contributed by atoms with Crippen LogP contribution < -0.4 is 4.90 Å². The second-order valence-electron chi connectivity index (χ2n) is 6.82. The second-order valence-corrected chi connectivity index (χ2v) is 6.82. The maximum Gasteiger partial charge on any atom is 0.129 e. The van der Waals surface area contributed by atoms with Crippen LogP contribution in [-0.4, -0.2) is 42.6 Å². The largest absolute Gasteiger partial charge is 0.356 e. The molecule has 22 heavy (non-hydrogen) atoms. The number of pyridine rings is 1. The van der Waals surface area contributed by atoms with E-state index in [4.69, 9.17) is 4.98 Å². The number of benzene rings is 1. The third kappa shape index (κ3) is 2.95. The molecule has 0 radical (unpaired) electrons. The molecule has 3 heteroatoms. The van der Waals surface area contributed by atoms with Crippen molar-refractivity contribution in [2.75, 3.05) is 37.6 Å². The van der Waals surface area contributed by atoms with Crippen LogP contribution in [0.15, 0.2) is 36.4 Å². The van der Waals surface area contributed by atoms with Crippen molar-refractivity contribution in [2.24, 2.45) is 5.92 Å². The molecule has 0 N–H and O–H groups in total. The third-order valence-electron chi connectivity index (χ3n) is 5.14. The quantitative estimate of drug-likeness (QED) is 0.863. The smallest absolute Gasteiger partial charge is 0.129 e. The molecule has 1 aromatic heterocycles. The van der Waals surface area contributed by atoms with E-state index < -0.39 is 0 Å². The Morgan fingerprint density at radius 1 is 0.955 bits per heavy atom. The fourth-order valence-corrected chi connectivity index (χ4v) is 3.98. The van der Waals surface area contributed by atoms with Gasteiger partial charge in [0.05, 0.1) is 5.52 Å². The van der Waals surface area contributed by atoms with Gasteiger partial charge in [-0.2, -0.15) is 0 Å². The zero-order valence-electron chi connectivity index (χ0n) is 13.2. The van der Waals surface area contributed by atoms with Gasteiger partial charge < -0.3 is 9.80 Å². The van der Waals surface area contributed by atoms with E-state index in [2.05, 4.69) is 46.2 Å². The van der Waals surface area contributed by atoms with E-state index in [9.17, 15) is 0 Å². The maximum atomic E-state index is 4.88. The molecule has 116 valence electrons. The summed E-state index contributed by atoms with van der Waals surface area (Å²) in [6.45, 7) is 6.23. The lowest BCUT2D eigenvalue weighted by Crippen LogP contribution is -2.40. The summed E-state index contributed by atoms with van der Waals surface area (Å²) in [5.74, 6) is 1.96. The number of anilines is 1. The average Bonchev–Trinajstić information content (AvgIpc) is 3.08. The number of aromatic nitrogens is 1. The van der Waals surface area contributed by atoms with E-state index in [1.54, 1.807) is 0 Å². The summed E-state index contributed by atoms with van der Waals surface area (Å²) in [6.07, 6.45) is 5.46. The predicted molar refractivity (Wildman–Crippen MR) is 92.4 cm³/mol. The van der Waals surface area contributed by atoms with Crippen LogP contribution >= 0.6 is 0 Å². The van der Waals surface area contributed by atoms with Gasteiger partial charge in [0.15, 0.2) is 0 Å². The molecule has 0 saturated carbocycles. The van der Waals surface area contributed by atoms with Crippen molar-refractivity contribution in [3.05, 3.63) is 36.4 Å². The first-order valence-corrected chi connectivity index (χ1v) is 8.71. The Kier molecular flexibility index (Phi) is 3.98. The number of likely N-dealkylation sites (tertiary alicyclic amines) is 1. The highest BCUT2D eigenvalue weighted by Crippen LogP contribution is 2.25. The molecule has 3 heterocycles. The molecule has 2 saturated heterocycles. The normalized spacial score (nSPS) is 23.3. The Morgan fingerprint density at radius 2 is 1.82 bits per heavy atom. The van der Waals surface area contributed by atoms with Gasteiger partial charge in [0.1, 0.15) is 5.82 Å². The number of hydrogen-bond donors (Lipinski definition) is 0. The van der Waals surface area contributed by atoms with E-state index in [0.717, 1.165) is 23.8 Å². The molecular weight excluding hydrogens is 270 g/mol. The van der Waals surface area contributed by atoms with Crippen molar-refractivity contribution in [2.45, 2.75) is 25.7 Å². The molecule has 1 atom stereocenters. The number of hydrogen-bond acceptors (Lipinski definition) is 3. The Balaban J connectivity index is 1.48. The molecule has 1 unspecified atom stereocenters. The number of rotatable bonds is 3. The van der Waals surface area contributed by atoms with Crippen molar-refractivity contribution >= 4 is 16.7 Å². The highest BCUT2D eigenvalue weighted by molar-refractivity contribution is 5.80. The van der Waals surface area contributed by atoms with E-state index in [1.807, 2.05) is 0 Å². The van der Waals surface area contributed by atoms with Crippen LogP contribution in [0, 0.1) is 5.92 Å². The van der Waals surface area contributed by atoms with Crippen molar-refractivity contribution < 1.29 is 0 Å². The van der Waals surface area contributed by atoms with Gasteiger partial charge in [0.2, 0.25) is 0 Å². The van der Waals surface area contributed by atoms with E-state index in [1.165, 1.54) is 57.2 Å². The fraction of sp³-hybridized carbons (Fsp3) is 0.526. The van der Waals surface area contributed by atoms with Crippen LogP contribution in [0.4, 0.5) is 5.82 Å². The standard InChI is InChI=1S/C19H25N3/c1-2-8-18-17(7-1)9-10-19(20-18)22-13-5-6-16(15-22)14-21-11-3-4-12-21/h1-2,7-10,16H,3-6,11-15H2. The van der Waals surface area contributed by atoms with Crippen molar-refractivity contribution in [1.29, 1.82) is 0 Å². The maximum absolute atomic E-state index is 4.88. The first kappa shape index (κ1) is 14.0. The zero-order valence-corrected chi connectivity index (χ0v) is 13.2. The second kappa shape index (κ2) is 6.25. The van der Waals surface area contributed by atoms with Gasteiger partial charge in [0, 0.05) is 25.0 Å². The van der Waals surface area contributed by atoms with Gasteiger partial charge in [-0.15, -0.1) is 0 Å². The minimum Gasteiger partial charge on any atom is -0.356 e. The number of nitrogens with zero attached hydrogens (tertiary/aromatic N) is 3. The molecule has 1 aromatic carbocycles. The van der Waals surface area contributed by atoms with Crippen LogP contribution in [-0.2, 0) is 0 Å². The van der Waals surface area contributed by atoms with Crippen molar-refractivity contribution in [1.82, 2.24) is 9.88 Å². The summed E-state index contributed by atoms with van der Waals surface area (Å²) in [6, 6.07) is 12.8. The highest BCUT2D eigenvalue weighted by Gasteiger charge is 2.24. The Hall–Kier alpha value is -1.61. The van der Waals surface area contributed by atoms with Gasteiger partial charge in [-0.3, -0.25) is 0 Å². The van der Waals surface area contributed by atoms with Gasteiger partial charge in [-0.1, -0.05) is 18.2 Å². The van der Waals surface area contributed by atoms with E-state index >= 15 is 0 Å². The Morgan fingerprint density at radius 3 is 2.73 bits per heavy atom. The molecular formula is C19H25N3. The van der Waals surface area contributed by atoms with Gasteiger partial charge >= 0.3 is 0 Å². The molecule has 3 nitrogen and oxygen atoms in total. The summed E-state index contributed by atoms with van der Waals surface area (Å²) in [7, 11) is 0. The number of fused-ring (bicyclic) bond motifs is 1. The summed E-state index contributed by atoms with van der Waals surface area (Å²) in [4.78, 5) is 10.0. The molecule has 0 aliphatic carbocycles. The van der Waals surface area contributed by atoms with Crippen LogP contribution in [0.1, 0.15) is 25.7 Å². The van der Waals surface area contributed by atoms with Crippen molar-refractivity contribution in [3.63, 3.8) is 0 Å². The van der Waals surface area contributed by atoms with Gasteiger partial charge in [-0.25, -0.2) is 4.98 Å². The summed E-state index contributed by atoms with van der Waals surface area (Å²) in [5.41, 5.74) is 1.11.